The normalized spacial score (nSPS) is 10.2. The van der Waals surface area contributed by atoms with E-state index in [0.29, 0.717) is 0 Å². The van der Waals surface area contributed by atoms with Crippen LogP contribution in [0.25, 0.3) is 0 Å². The number of nitrogens with two attached hydrogens (primary N) is 1. The van der Waals surface area contributed by atoms with E-state index in [1.165, 1.54) is 0 Å². The lowest BCUT2D eigenvalue weighted by Gasteiger charge is -2.12. The highest BCUT2D eigenvalue weighted by atomic mass is 32.2. The van der Waals surface area contributed by atoms with Crippen LogP contribution in [0, 0.1) is 13.8 Å². The molecule has 0 fully saturated rings. The maximum atomic E-state index is 5.72. The zero-order valence-corrected chi connectivity index (χ0v) is 9.78. The minimum Gasteiger partial charge on any atom is -0.492 e. The number of aryl methyl sites for hydroxylation is 2. The van der Waals surface area contributed by atoms with Crippen molar-refractivity contribution in [2.24, 2.45) is 0 Å². The predicted octanol–water partition coefficient (Wildman–Crippen LogP) is 2.63. The molecule has 1 rings (SSSR count). The summed E-state index contributed by atoms with van der Waals surface area (Å²) in [7, 11) is 0. The Kier molecular flexibility index (Phi) is 4.14. The Balaban J connectivity index is 2.75. The molecule has 78 valence electrons. The molecular formula is C11H17NOS. The molecule has 0 aliphatic rings. The Bertz CT molecular complexity index is 289. The molecule has 0 unspecified atom stereocenters. The van der Waals surface area contributed by atoms with E-state index >= 15 is 0 Å². The standard InChI is InChI=1S/C11H17NOS/c1-8-6-10(12)7-9(2)11(8)13-4-5-14-3/h6-7H,4-5,12H2,1-3H3. The highest BCUT2D eigenvalue weighted by Gasteiger charge is 2.04. The summed E-state index contributed by atoms with van der Waals surface area (Å²) in [5, 5.41) is 0. The van der Waals surface area contributed by atoms with Crippen molar-refractivity contribution >= 4 is 17.4 Å². The van der Waals surface area contributed by atoms with Gasteiger partial charge in [0.1, 0.15) is 5.75 Å². The van der Waals surface area contributed by atoms with Gasteiger partial charge in [0.05, 0.1) is 6.61 Å². The molecule has 0 saturated carbocycles. The maximum Gasteiger partial charge on any atom is 0.125 e. The lowest BCUT2D eigenvalue weighted by Crippen LogP contribution is -2.03. The molecule has 0 atom stereocenters. The quantitative estimate of drug-likeness (QED) is 0.614. The molecule has 14 heavy (non-hydrogen) atoms. The molecule has 1 aromatic carbocycles. The minimum absolute atomic E-state index is 0.757. The molecule has 3 heteroatoms. The third-order valence-electron chi connectivity index (χ3n) is 2.02. The van der Waals surface area contributed by atoms with Gasteiger partial charge in [-0.15, -0.1) is 0 Å². The first kappa shape index (κ1) is 11.2. The van der Waals surface area contributed by atoms with Crippen molar-refractivity contribution in [1.82, 2.24) is 0 Å². The molecule has 0 aliphatic carbocycles. The number of rotatable bonds is 4. The van der Waals surface area contributed by atoms with E-state index in [9.17, 15) is 0 Å². The molecule has 0 radical (unpaired) electrons. The van der Waals surface area contributed by atoms with Crippen molar-refractivity contribution < 1.29 is 4.74 Å². The van der Waals surface area contributed by atoms with E-state index < -0.39 is 0 Å². The third-order valence-corrected chi connectivity index (χ3v) is 2.59. The van der Waals surface area contributed by atoms with Crippen molar-refractivity contribution in [2.45, 2.75) is 13.8 Å². The maximum absolute atomic E-state index is 5.72. The monoisotopic (exact) mass is 211 g/mol. The Labute approximate surface area is 89.8 Å². The van der Waals surface area contributed by atoms with Gasteiger partial charge >= 0.3 is 0 Å². The molecule has 0 amide bonds. The number of anilines is 1. The van der Waals surface area contributed by atoms with Crippen LogP contribution in [0.15, 0.2) is 12.1 Å². The van der Waals surface area contributed by atoms with Crippen LogP contribution in [-0.2, 0) is 0 Å². The van der Waals surface area contributed by atoms with Gasteiger partial charge in [-0.2, -0.15) is 11.8 Å². The van der Waals surface area contributed by atoms with Gasteiger partial charge in [-0.05, 0) is 43.4 Å². The van der Waals surface area contributed by atoms with Crippen LogP contribution >= 0.6 is 11.8 Å². The number of thioether (sulfide) groups is 1. The van der Waals surface area contributed by atoms with E-state index in [4.69, 9.17) is 10.5 Å². The van der Waals surface area contributed by atoms with E-state index in [0.717, 1.165) is 34.9 Å². The number of benzene rings is 1. The second-order valence-corrected chi connectivity index (χ2v) is 4.31. The lowest BCUT2D eigenvalue weighted by molar-refractivity contribution is 0.339. The van der Waals surface area contributed by atoms with Crippen LogP contribution in [-0.4, -0.2) is 18.6 Å². The molecule has 0 aromatic heterocycles. The van der Waals surface area contributed by atoms with Crippen LogP contribution < -0.4 is 10.5 Å². The van der Waals surface area contributed by atoms with Crippen LogP contribution in [0.4, 0.5) is 5.69 Å². The fraction of sp³-hybridized carbons (Fsp3) is 0.455. The van der Waals surface area contributed by atoms with Gasteiger partial charge < -0.3 is 10.5 Å². The van der Waals surface area contributed by atoms with Crippen LogP contribution in [0.3, 0.4) is 0 Å². The summed E-state index contributed by atoms with van der Waals surface area (Å²) in [6.45, 7) is 4.81. The Morgan fingerprint density at radius 1 is 1.29 bits per heavy atom. The Morgan fingerprint density at radius 2 is 1.86 bits per heavy atom. The summed E-state index contributed by atoms with van der Waals surface area (Å²) in [5.74, 6) is 2.00. The van der Waals surface area contributed by atoms with E-state index in [1.54, 1.807) is 11.8 Å². The first-order valence-corrected chi connectivity index (χ1v) is 6.03. The average Bonchev–Trinajstić information content (AvgIpc) is 2.09. The molecule has 0 saturated heterocycles. The molecule has 2 nitrogen and oxygen atoms in total. The summed E-state index contributed by atoms with van der Waals surface area (Å²) >= 11 is 1.79. The first-order valence-electron chi connectivity index (χ1n) is 4.63. The van der Waals surface area contributed by atoms with Gasteiger partial charge in [0.25, 0.3) is 0 Å². The molecular weight excluding hydrogens is 194 g/mol. The minimum atomic E-state index is 0.757. The molecule has 0 heterocycles. The van der Waals surface area contributed by atoms with Crippen molar-refractivity contribution in [3.63, 3.8) is 0 Å². The largest absolute Gasteiger partial charge is 0.492 e. The molecule has 0 spiro atoms. The fourth-order valence-electron chi connectivity index (χ4n) is 1.44. The van der Waals surface area contributed by atoms with Gasteiger partial charge in [-0.25, -0.2) is 0 Å². The predicted molar refractivity (Wildman–Crippen MR) is 64.2 cm³/mol. The van der Waals surface area contributed by atoms with Gasteiger partial charge in [-0.3, -0.25) is 0 Å². The zero-order chi connectivity index (χ0) is 10.6. The lowest BCUT2D eigenvalue weighted by atomic mass is 10.1. The SMILES string of the molecule is CSCCOc1c(C)cc(N)cc1C. The van der Waals surface area contributed by atoms with Crippen LogP contribution in [0.5, 0.6) is 5.75 Å². The summed E-state index contributed by atoms with van der Waals surface area (Å²) in [6, 6.07) is 3.89. The molecule has 1 aromatic rings. The highest BCUT2D eigenvalue weighted by molar-refractivity contribution is 7.98. The second-order valence-electron chi connectivity index (χ2n) is 3.33. The smallest absolute Gasteiger partial charge is 0.125 e. The van der Waals surface area contributed by atoms with Crippen molar-refractivity contribution in [3.8, 4) is 5.75 Å². The first-order chi connectivity index (χ1) is 6.65. The Hall–Kier alpha value is -0.830. The number of hydrogen-bond donors (Lipinski definition) is 1. The van der Waals surface area contributed by atoms with E-state index in [1.807, 2.05) is 26.0 Å². The second kappa shape index (κ2) is 5.15. The zero-order valence-electron chi connectivity index (χ0n) is 8.96. The topological polar surface area (TPSA) is 35.2 Å². The van der Waals surface area contributed by atoms with E-state index in [2.05, 4.69) is 6.26 Å². The van der Waals surface area contributed by atoms with Gasteiger partial charge in [0.2, 0.25) is 0 Å². The molecule has 0 bridgehead atoms. The third kappa shape index (κ3) is 2.84. The molecule has 2 N–H and O–H groups in total. The van der Waals surface area contributed by atoms with Gasteiger partial charge in [0, 0.05) is 11.4 Å². The summed E-state index contributed by atoms with van der Waals surface area (Å²) in [5.41, 5.74) is 8.76. The summed E-state index contributed by atoms with van der Waals surface area (Å²) in [6.07, 6.45) is 2.08. The number of hydrogen-bond acceptors (Lipinski definition) is 3. The van der Waals surface area contributed by atoms with Crippen molar-refractivity contribution in [1.29, 1.82) is 0 Å². The fourth-order valence-corrected chi connectivity index (χ4v) is 1.69. The van der Waals surface area contributed by atoms with Gasteiger partial charge in [0.15, 0.2) is 0 Å². The number of ether oxygens (including phenoxy) is 1. The van der Waals surface area contributed by atoms with Crippen LogP contribution in [0.2, 0.25) is 0 Å². The van der Waals surface area contributed by atoms with Gasteiger partial charge in [-0.1, -0.05) is 0 Å². The Morgan fingerprint density at radius 3 is 2.36 bits per heavy atom. The van der Waals surface area contributed by atoms with E-state index in [-0.39, 0.29) is 0 Å². The molecule has 0 aliphatic heterocycles. The summed E-state index contributed by atoms with van der Waals surface area (Å²) < 4.78 is 5.69. The highest BCUT2D eigenvalue weighted by Crippen LogP contribution is 2.25. The number of nitrogen functional groups attached to an aromatic ring is 1. The van der Waals surface area contributed by atoms with Crippen molar-refractivity contribution in [3.05, 3.63) is 23.3 Å². The van der Waals surface area contributed by atoms with Crippen LogP contribution in [0.1, 0.15) is 11.1 Å². The average molecular weight is 211 g/mol. The summed E-state index contributed by atoms with van der Waals surface area (Å²) in [4.78, 5) is 0. The van der Waals surface area contributed by atoms with Crippen molar-refractivity contribution in [2.75, 3.05) is 24.3 Å².